The second-order valence-electron chi connectivity index (χ2n) is 33.2. The lowest BCUT2D eigenvalue weighted by molar-refractivity contribution is 0.0421. The Morgan fingerprint density at radius 2 is 0.620 bits per heavy atom. The molecule has 0 heteroatoms. The van der Waals surface area contributed by atoms with Crippen LogP contribution in [0, 0.1) is 95.3 Å². The Bertz CT molecular complexity index is 2700. The lowest BCUT2D eigenvalue weighted by Crippen LogP contribution is -2.36. The molecule has 0 saturated heterocycles. The molecule has 0 spiro atoms. The second kappa shape index (κ2) is 55.8. The molecule has 3 aliphatic rings. The summed E-state index contributed by atoms with van der Waals surface area (Å²) in [5.41, 5.74) is 20.1. The topological polar surface area (TPSA) is 0 Å². The molecule has 0 unspecified atom stereocenters. The molecule has 6 aromatic carbocycles. The number of hydrogen-bond acceptors (Lipinski definition) is 0. The Morgan fingerprint density at radius 3 is 0.940 bits per heavy atom. The van der Waals surface area contributed by atoms with Crippen molar-refractivity contribution >= 4 is 0 Å². The molecule has 3 saturated carbocycles. The second-order valence-corrected chi connectivity index (χ2v) is 33.2. The predicted molar refractivity (Wildman–Crippen MR) is 453 cm³/mol. The fourth-order valence-electron chi connectivity index (χ4n) is 14.4. The van der Waals surface area contributed by atoms with E-state index >= 15 is 0 Å². The molecule has 0 amide bonds. The summed E-state index contributed by atoms with van der Waals surface area (Å²) in [5, 5.41) is 0. The molecule has 0 radical (unpaired) electrons. The number of benzene rings is 6. The van der Waals surface area contributed by atoms with Gasteiger partial charge in [-0.25, -0.2) is 0 Å². The first-order valence-corrected chi connectivity index (χ1v) is 42.4. The molecule has 9 rings (SSSR count). The van der Waals surface area contributed by atoms with Crippen molar-refractivity contribution in [2.45, 2.75) is 370 Å². The van der Waals surface area contributed by atoms with Gasteiger partial charge >= 0.3 is 0 Å². The summed E-state index contributed by atoms with van der Waals surface area (Å²) in [6.07, 6.45) is 49.0. The standard InChI is InChI=1S/C17H32.C17H20.C15H22.C15H16.C14H30.C10H14.C8H18.C4H10/c1-13-5-9-15(10-6-13)17(3,4)16-11-7-14(2)8-12-16;1-12-5-7-16(9-14(12)3)11-17-8-6-13(2)15(4)10-17;2*1-12-3-7-14(8-4-12)11-15-9-5-13(2)6-10-15;1-4-5-6-7-8-9-10-11-12-13-14(2)3;1-3-9-6-5-7-10(4-2)8-9;1-3-5-7-8-6-4-2;1-3-4-2/h13-16H,5-12H2,1-4H3;5-10H,11H2,1-4H3;3-4,7-8,13,15H,5-6,9-11H2,1-2H3;3-10H,11H2,1-2H3;14H,4-13H2,1-3H3;5-8H,3-4H2,1-2H3;3-8H2,1-2H3;3-4H2,1-2H3. The monoisotopic (exact) mass is 1360 g/mol. The zero-order valence-corrected chi connectivity index (χ0v) is 70.0. The molecule has 100 heavy (non-hydrogen) atoms. The van der Waals surface area contributed by atoms with Crippen molar-refractivity contribution in [1.29, 1.82) is 0 Å². The van der Waals surface area contributed by atoms with E-state index in [1.807, 2.05) is 0 Å². The molecular weight excluding hydrogens is 1200 g/mol. The largest absolute Gasteiger partial charge is 0.0654 e. The Hall–Kier alpha value is -4.68. The van der Waals surface area contributed by atoms with Crippen molar-refractivity contribution in [3.63, 3.8) is 0 Å². The van der Waals surface area contributed by atoms with E-state index in [4.69, 9.17) is 0 Å². The smallest absolute Gasteiger partial charge is 0.00256 e. The van der Waals surface area contributed by atoms with Crippen molar-refractivity contribution in [2.75, 3.05) is 0 Å². The third kappa shape index (κ3) is 42.8. The molecule has 0 atom stereocenters. The van der Waals surface area contributed by atoms with Gasteiger partial charge in [0.15, 0.2) is 0 Å². The SMILES string of the molecule is CC1CCC(C(C)(C)C2CCC(C)CC2)CC1.CCCC.CCCCCCCC.CCCCCCCCCCCC(C)C.CCc1cccc(CC)c1.Cc1ccc(CC2CCC(C)CC2)cc1.Cc1ccc(Cc2ccc(C)c(C)c2)cc1C.Cc1ccc(Cc2ccc(C)cc2)cc1. The molecule has 0 N–H and O–H groups in total. The molecule has 3 fully saturated rings. The van der Waals surface area contributed by atoms with Crippen LogP contribution in [-0.4, -0.2) is 0 Å². The van der Waals surface area contributed by atoms with Gasteiger partial charge in [0.1, 0.15) is 0 Å². The molecule has 0 aromatic heterocycles. The van der Waals surface area contributed by atoms with Crippen molar-refractivity contribution in [3.05, 3.63) is 211 Å². The Morgan fingerprint density at radius 1 is 0.310 bits per heavy atom. The first-order valence-electron chi connectivity index (χ1n) is 42.4. The minimum absolute atomic E-state index is 0.611. The number of hydrogen-bond donors (Lipinski definition) is 0. The van der Waals surface area contributed by atoms with Gasteiger partial charge in [-0.15, -0.1) is 0 Å². The highest BCUT2D eigenvalue weighted by Gasteiger charge is 2.39. The lowest BCUT2D eigenvalue weighted by atomic mass is 9.59. The third-order valence-electron chi connectivity index (χ3n) is 22.8. The summed E-state index contributed by atoms with van der Waals surface area (Å²) >= 11 is 0. The van der Waals surface area contributed by atoms with Crippen molar-refractivity contribution in [3.8, 4) is 0 Å². The van der Waals surface area contributed by atoms with Crippen LogP contribution in [0.3, 0.4) is 0 Å². The maximum absolute atomic E-state index is 2.58. The Balaban J connectivity index is 0.000000397. The lowest BCUT2D eigenvalue weighted by Gasteiger charge is -2.46. The highest BCUT2D eigenvalue weighted by atomic mass is 14.4. The summed E-state index contributed by atoms with van der Waals surface area (Å²) < 4.78 is 0. The molecule has 0 bridgehead atoms. The summed E-state index contributed by atoms with van der Waals surface area (Å²) in [7, 11) is 0. The number of aryl methyl sites for hydroxylation is 9. The highest BCUT2D eigenvalue weighted by Crippen LogP contribution is 2.49. The fourth-order valence-corrected chi connectivity index (χ4v) is 14.4. The van der Waals surface area contributed by atoms with Gasteiger partial charge in [-0.2, -0.15) is 0 Å². The Kier molecular flexibility index (Phi) is 51.0. The predicted octanol–water partition coefficient (Wildman–Crippen LogP) is 32.0. The van der Waals surface area contributed by atoms with Crippen LogP contribution < -0.4 is 0 Å². The fraction of sp³-hybridized carbons (Fsp3) is 0.640. The van der Waals surface area contributed by atoms with Crippen LogP contribution >= 0.6 is 0 Å². The van der Waals surface area contributed by atoms with Crippen molar-refractivity contribution < 1.29 is 0 Å². The molecule has 0 aliphatic heterocycles. The van der Waals surface area contributed by atoms with E-state index in [-0.39, 0.29) is 0 Å². The molecule has 0 nitrogen and oxygen atoms in total. The van der Waals surface area contributed by atoms with Crippen LogP contribution in [-0.2, 0) is 32.1 Å². The number of unbranched alkanes of at least 4 members (excludes halogenated alkanes) is 14. The van der Waals surface area contributed by atoms with Gasteiger partial charge in [0.25, 0.3) is 0 Å². The van der Waals surface area contributed by atoms with Crippen LogP contribution in [0.4, 0.5) is 0 Å². The van der Waals surface area contributed by atoms with Crippen LogP contribution in [0.1, 0.15) is 367 Å². The van der Waals surface area contributed by atoms with E-state index in [1.165, 1.54) is 277 Å². The molecule has 0 heterocycles. The minimum atomic E-state index is 0.611. The summed E-state index contributed by atoms with van der Waals surface area (Å²) in [4.78, 5) is 0. The zero-order chi connectivity index (χ0) is 73.9. The van der Waals surface area contributed by atoms with Gasteiger partial charge in [-0.1, -0.05) is 401 Å². The summed E-state index contributed by atoms with van der Waals surface area (Å²) in [6, 6.07) is 48.8. The van der Waals surface area contributed by atoms with E-state index in [1.54, 1.807) is 0 Å². The molecule has 6 aromatic rings. The molecule has 3 aliphatic carbocycles. The molecular formula is C100H162. The minimum Gasteiger partial charge on any atom is -0.0654 e. The normalized spacial score (nSPS) is 17.8. The van der Waals surface area contributed by atoms with E-state index in [2.05, 4.69) is 279 Å². The average Bonchev–Trinajstić information content (AvgIpc) is 0.809. The maximum Gasteiger partial charge on any atom is -0.00256 e. The quantitative estimate of drug-likeness (QED) is 0.0475. The summed E-state index contributed by atoms with van der Waals surface area (Å²) in [5.74, 6) is 6.83. The van der Waals surface area contributed by atoms with Gasteiger partial charge in [0.05, 0.1) is 0 Å². The van der Waals surface area contributed by atoms with Crippen LogP contribution in [0.2, 0.25) is 0 Å². The van der Waals surface area contributed by atoms with Crippen LogP contribution in [0.5, 0.6) is 0 Å². The van der Waals surface area contributed by atoms with Gasteiger partial charge in [0, 0.05) is 0 Å². The van der Waals surface area contributed by atoms with Crippen molar-refractivity contribution in [1.82, 2.24) is 0 Å². The van der Waals surface area contributed by atoms with Crippen LogP contribution in [0.25, 0.3) is 0 Å². The molecule has 562 valence electrons. The van der Waals surface area contributed by atoms with E-state index in [9.17, 15) is 0 Å². The third-order valence-corrected chi connectivity index (χ3v) is 22.8. The van der Waals surface area contributed by atoms with E-state index in [0.29, 0.717) is 5.41 Å². The average molecular weight is 1360 g/mol. The van der Waals surface area contributed by atoms with Gasteiger partial charge < -0.3 is 0 Å². The van der Waals surface area contributed by atoms with E-state index in [0.717, 1.165) is 67.1 Å². The van der Waals surface area contributed by atoms with Crippen LogP contribution in [0.15, 0.2) is 133 Å². The maximum atomic E-state index is 2.58. The van der Waals surface area contributed by atoms with Gasteiger partial charge in [-0.05, 0) is 227 Å². The summed E-state index contributed by atoms with van der Waals surface area (Å²) in [6.45, 7) is 47.7. The van der Waals surface area contributed by atoms with E-state index < -0.39 is 0 Å². The van der Waals surface area contributed by atoms with Gasteiger partial charge in [0.2, 0.25) is 0 Å². The highest BCUT2D eigenvalue weighted by molar-refractivity contribution is 5.37. The first-order chi connectivity index (χ1) is 48.0. The zero-order valence-electron chi connectivity index (χ0n) is 70.0. The Labute approximate surface area is 624 Å². The van der Waals surface area contributed by atoms with Gasteiger partial charge in [-0.3, -0.25) is 0 Å². The first kappa shape index (κ1) is 91.4. The number of rotatable bonds is 26. The van der Waals surface area contributed by atoms with Crippen molar-refractivity contribution in [2.24, 2.45) is 46.8 Å².